The van der Waals surface area contributed by atoms with Gasteiger partial charge < -0.3 is 5.32 Å². The maximum Gasteiger partial charge on any atom is 0.0451 e. The summed E-state index contributed by atoms with van der Waals surface area (Å²) in [5.41, 5.74) is 1.26. The molecule has 0 amide bonds. The van der Waals surface area contributed by atoms with E-state index >= 15 is 0 Å². The van der Waals surface area contributed by atoms with Crippen molar-refractivity contribution in [1.29, 1.82) is 0 Å². The molecule has 1 saturated heterocycles. The molecule has 1 N–H and O–H groups in total. The zero-order chi connectivity index (χ0) is 13.1. The third kappa shape index (κ3) is 3.95. The Morgan fingerprint density at radius 1 is 1.11 bits per heavy atom. The van der Waals surface area contributed by atoms with E-state index in [-0.39, 0.29) is 0 Å². The SMILES string of the molecule is Clc1ccccc1CN1CCC(NCC2CC2)CC1. The minimum Gasteiger partial charge on any atom is -0.314 e. The van der Waals surface area contributed by atoms with E-state index in [1.165, 1.54) is 50.9 Å². The van der Waals surface area contributed by atoms with E-state index in [0.29, 0.717) is 0 Å². The highest BCUT2D eigenvalue weighted by Gasteiger charge is 2.24. The van der Waals surface area contributed by atoms with Gasteiger partial charge in [-0.25, -0.2) is 0 Å². The minimum atomic E-state index is 0.739. The summed E-state index contributed by atoms with van der Waals surface area (Å²) in [6.45, 7) is 4.62. The van der Waals surface area contributed by atoms with Crippen molar-refractivity contribution in [3.63, 3.8) is 0 Å². The Hall–Kier alpha value is -0.570. The molecule has 1 heterocycles. The normalized spacial score (nSPS) is 21.7. The quantitative estimate of drug-likeness (QED) is 0.889. The molecule has 0 aromatic heterocycles. The monoisotopic (exact) mass is 278 g/mol. The number of likely N-dealkylation sites (tertiary alicyclic amines) is 1. The van der Waals surface area contributed by atoms with Crippen LogP contribution >= 0.6 is 11.6 Å². The first kappa shape index (κ1) is 13.4. The van der Waals surface area contributed by atoms with E-state index in [0.717, 1.165) is 23.5 Å². The Morgan fingerprint density at radius 3 is 2.53 bits per heavy atom. The number of benzene rings is 1. The molecule has 0 bridgehead atoms. The molecule has 3 heteroatoms. The Balaban J connectivity index is 1.43. The first-order chi connectivity index (χ1) is 9.31. The summed E-state index contributed by atoms with van der Waals surface area (Å²) in [5.74, 6) is 0.987. The van der Waals surface area contributed by atoms with Gasteiger partial charge in [0.05, 0.1) is 0 Å². The molecular weight excluding hydrogens is 256 g/mol. The number of piperidine rings is 1. The highest BCUT2D eigenvalue weighted by Crippen LogP contribution is 2.28. The average molecular weight is 279 g/mol. The number of nitrogens with one attached hydrogen (secondary N) is 1. The second-order valence-electron chi connectivity index (χ2n) is 5.99. The maximum absolute atomic E-state index is 6.22. The van der Waals surface area contributed by atoms with Crippen LogP contribution in [0.3, 0.4) is 0 Å². The van der Waals surface area contributed by atoms with Crippen LogP contribution in [0.2, 0.25) is 5.02 Å². The predicted molar refractivity (Wildman–Crippen MR) is 80.5 cm³/mol. The van der Waals surface area contributed by atoms with Gasteiger partial charge in [-0.2, -0.15) is 0 Å². The molecule has 1 aromatic rings. The number of halogens is 1. The molecule has 2 nitrogen and oxygen atoms in total. The van der Waals surface area contributed by atoms with Gasteiger partial charge in [-0.15, -0.1) is 0 Å². The van der Waals surface area contributed by atoms with Gasteiger partial charge in [-0.05, 0) is 62.9 Å². The average Bonchev–Trinajstić information content (AvgIpc) is 3.25. The lowest BCUT2D eigenvalue weighted by Crippen LogP contribution is -2.42. The summed E-state index contributed by atoms with van der Waals surface area (Å²) >= 11 is 6.22. The molecule has 0 radical (unpaired) electrons. The maximum atomic E-state index is 6.22. The van der Waals surface area contributed by atoms with E-state index in [2.05, 4.69) is 22.3 Å². The van der Waals surface area contributed by atoms with Crippen molar-refractivity contribution in [2.45, 2.75) is 38.3 Å². The molecule has 1 aliphatic carbocycles. The largest absolute Gasteiger partial charge is 0.314 e. The van der Waals surface area contributed by atoms with Crippen LogP contribution in [-0.4, -0.2) is 30.6 Å². The first-order valence-electron chi connectivity index (χ1n) is 7.50. The van der Waals surface area contributed by atoms with Gasteiger partial charge in [0.2, 0.25) is 0 Å². The standard InChI is InChI=1S/C16H23ClN2/c17-16-4-2-1-3-14(16)12-19-9-7-15(8-10-19)18-11-13-5-6-13/h1-4,13,15,18H,5-12H2. The fourth-order valence-electron chi connectivity index (χ4n) is 2.82. The van der Waals surface area contributed by atoms with Crippen molar-refractivity contribution in [2.75, 3.05) is 19.6 Å². The van der Waals surface area contributed by atoms with Crippen LogP contribution in [0.1, 0.15) is 31.2 Å². The van der Waals surface area contributed by atoms with Gasteiger partial charge in [0.25, 0.3) is 0 Å². The van der Waals surface area contributed by atoms with Crippen LogP contribution in [0.5, 0.6) is 0 Å². The summed E-state index contributed by atoms with van der Waals surface area (Å²) in [6.07, 6.45) is 5.44. The van der Waals surface area contributed by atoms with Crippen molar-refractivity contribution in [1.82, 2.24) is 10.2 Å². The van der Waals surface area contributed by atoms with Crippen molar-refractivity contribution in [2.24, 2.45) is 5.92 Å². The van der Waals surface area contributed by atoms with E-state index in [9.17, 15) is 0 Å². The second kappa shape index (κ2) is 6.25. The second-order valence-corrected chi connectivity index (χ2v) is 6.40. The topological polar surface area (TPSA) is 15.3 Å². The molecule has 2 fully saturated rings. The van der Waals surface area contributed by atoms with Crippen molar-refractivity contribution in [3.8, 4) is 0 Å². The molecule has 0 unspecified atom stereocenters. The first-order valence-corrected chi connectivity index (χ1v) is 7.88. The Kier molecular flexibility index (Phi) is 4.42. The van der Waals surface area contributed by atoms with Gasteiger partial charge in [0.15, 0.2) is 0 Å². The molecule has 1 aliphatic heterocycles. The molecule has 0 atom stereocenters. The van der Waals surface area contributed by atoms with Crippen LogP contribution in [0, 0.1) is 5.92 Å². The summed E-state index contributed by atoms with van der Waals surface area (Å²) in [5, 5.41) is 4.63. The smallest absolute Gasteiger partial charge is 0.0451 e. The van der Waals surface area contributed by atoms with Crippen LogP contribution in [0.4, 0.5) is 0 Å². The summed E-state index contributed by atoms with van der Waals surface area (Å²) in [7, 11) is 0. The molecule has 1 saturated carbocycles. The summed E-state index contributed by atoms with van der Waals surface area (Å²) in [4.78, 5) is 2.52. The number of rotatable bonds is 5. The molecule has 2 aliphatic rings. The lowest BCUT2D eigenvalue weighted by atomic mass is 10.0. The third-order valence-corrected chi connectivity index (χ3v) is 4.70. The van der Waals surface area contributed by atoms with Crippen molar-refractivity contribution in [3.05, 3.63) is 34.9 Å². The Labute approximate surface area is 121 Å². The molecular formula is C16H23ClN2. The van der Waals surface area contributed by atoms with Crippen molar-refractivity contribution >= 4 is 11.6 Å². The fourth-order valence-corrected chi connectivity index (χ4v) is 3.01. The molecule has 19 heavy (non-hydrogen) atoms. The molecule has 0 spiro atoms. The predicted octanol–water partition coefficient (Wildman–Crippen LogP) is 3.30. The lowest BCUT2D eigenvalue weighted by Gasteiger charge is -2.32. The van der Waals surface area contributed by atoms with Gasteiger partial charge >= 0.3 is 0 Å². The molecule has 104 valence electrons. The highest BCUT2D eigenvalue weighted by molar-refractivity contribution is 6.31. The van der Waals surface area contributed by atoms with Gasteiger partial charge in [0.1, 0.15) is 0 Å². The van der Waals surface area contributed by atoms with Crippen LogP contribution in [0.15, 0.2) is 24.3 Å². The zero-order valence-corrected chi connectivity index (χ0v) is 12.2. The van der Waals surface area contributed by atoms with Crippen LogP contribution in [0.25, 0.3) is 0 Å². The van der Waals surface area contributed by atoms with Gasteiger partial charge in [-0.3, -0.25) is 4.90 Å². The Bertz CT molecular complexity index is 409. The number of hydrogen-bond donors (Lipinski definition) is 1. The fraction of sp³-hybridized carbons (Fsp3) is 0.625. The van der Waals surface area contributed by atoms with Crippen molar-refractivity contribution < 1.29 is 0 Å². The van der Waals surface area contributed by atoms with Crippen LogP contribution in [-0.2, 0) is 6.54 Å². The van der Waals surface area contributed by atoms with E-state index < -0.39 is 0 Å². The van der Waals surface area contributed by atoms with E-state index in [4.69, 9.17) is 11.6 Å². The zero-order valence-electron chi connectivity index (χ0n) is 11.4. The van der Waals surface area contributed by atoms with Gasteiger partial charge in [0, 0.05) is 17.6 Å². The van der Waals surface area contributed by atoms with Crippen LogP contribution < -0.4 is 5.32 Å². The minimum absolute atomic E-state index is 0.739. The third-order valence-electron chi connectivity index (χ3n) is 4.33. The summed E-state index contributed by atoms with van der Waals surface area (Å²) < 4.78 is 0. The molecule has 3 rings (SSSR count). The molecule has 1 aromatic carbocycles. The number of hydrogen-bond acceptors (Lipinski definition) is 2. The Morgan fingerprint density at radius 2 is 1.84 bits per heavy atom. The number of nitrogens with zero attached hydrogens (tertiary/aromatic N) is 1. The lowest BCUT2D eigenvalue weighted by molar-refractivity contribution is 0.190. The highest BCUT2D eigenvalue weighted by atomic mass is 35.5. The van der Waals surface area contributed by atoms with E-state index in [1.807, 2.05) is 12.1 Å². The van der Waals surface area contributed by atoms with Gasteiger partial charge in [-0.1, -0.05) is 29.8 Å². The van der Waals surface area contributed by atoms with E-state index in [1.54, 1.807) is 0 Å². The summed E-state index contributed by atoms with van der Waals surface area (Å²) in [6, 6.07) is 8.94.